The average Bonchev–Trinajstić information content (AvgIpc) is 2.34. The molecular formula is C15H17BrN2. The van der Waals surface area contributed by atoms with Crippen LogP contribution in [0.2, 0.25) is 0 Å². The van der Waals surface area contributed by atoms with E-state index in [1.54, 1.807) is 6.20 Å². The third kappa shape index (κ3) is 2.91. The van der Waals surface area contributed by atoms with Gasteiger partial charge in [0.1, 0.15) is 0 Å². The lowest BCUT2D eigenvalue weighted by atomic mass is 10.1. The fourth-order valence-electron chi connectivity index (χ4n) is 2.03. The molecule has 0 saturated carbocycles. The van der Waals surface area contributed by atoms with Gasteiger partial charge >= 0.3 is 0 Å². The first-order valence-corrected chi connectivity index (χ1v) is 6.80. The number of aromatic nitrogens is 1. The largest absolute Gasteiger partial charge is 0.377 e. The number of rotatable bonds is 3. The molecule has 0 bridgehead atoms. The van der Waals surface area contributed by atoms with Crippen molar-refractivity contribution >= 4 is 21.6 Å². The van der Waals surface area contributed by atoms with Crippen molar-refractivity contribution in [1.29, 1.82) is 0 Å². The molecule has 1 atom stereocenters. The number of anilines is 1. The van der Waals surface area contributed by atoms with E-state index in [2.05, 4.69) is 65.2 Å². The van der Waals surface area contributed by atoms with Gasteiger partial charge < -0.3 is 5.32 Å². The Labute approximate surface area is 117 Å². The van der Waals surface area contributed by atoms with Crippen LogP contribution in [-0.4, -0.2) is 4.98 Å². The number of halogens is 1. The highest BCUT2D eigenvalue weighted by molar-refractivity contribution is 9.10. The van der Waals surface area contributed by atoms with Crippen LogP contribution >= 0.6 is 15.9 Å². The summed E-state index contributed by atoms with van der Waals surface area (Å²) in [6.07, 6.45) is 3.69. The van der Waals surface area contributed by atoms with Crippen LogP contribution in [0.5, 0.6) is 0 Å². The molecule has 1 aromatic heterocycles. The molecule has 18 heavy (non-hydrogen) atoms. The standard InChI is InChI=1S/C15H17BrN2/c1-10-7-11(2)15(14(16)8-10)18-12(3)13-5-4-6-17-9-13/h4-9,12,18H,1-3H3. The van der Waals surface area contributed by atoms with Gasteiger partial charge in [0.15, 0.2) is 0 Å². The molecule has 0 spiro atoms. The van der Waals surface area contributed by atoms with Crippen molar-refractivity contribution < 1.29 is 0 Å². The molecule has 0 aliphatic rings. The third-order valence-electron chi connectivity index (χ3n) is 2.98. The van der Waals surface area contributed by atoms with E-state index in [4.69, 9.17) is 0 Å². The summed E-state index contributed by atoms with van der Waals surface area (Å²) < 4.78 is 1.11. The highest BCUT2D eigenvalue weighted by Crippen LogP contribution is 2.30. The molecule has 94 valence electrons. The van der Waals surface area contributed by atoms with Crippen LogP contribution in [0.25, 0.3) is 0 Å². The molecule has 0 amide bonds. The summed E-state index contributed by atoms with van der Waals surface area (Å²) in [5.74, 6) is 0. The number of nitrogens with one attached hydrogen (secondary N) is 1. The molecule has 0 fully saturated rings. The summed E-state index contributed by atoms with van der Waals surface area (Å²) in [5.41, 5.74) is 4.85. The van der Waals surface area contributed by atoms with Gasteiger partial charge in [0, 0.05) is 16.9 Å². The average molecular weight is 305 g/mol. The monoisotopic (exact) mass is 304 g/mol. The SMILES string of the molecule is Cc1cc(C)c(NC(C)c2cccnc2)c(Br)c1. The number of hydrogen-bond donors (Lipinski definition) is 1. The number of nitrogens with zero attached hydrogens (tertiary/aromatic N) is 1. The molecule has 0 radical (unpaired) electrons. The van der Waals surface area contributed by atoms with Crippen molar-refractivity contribution in [2.45, 2.75) is 26.8 Å². The Kier molecular flexibility index (Phi) is 4.02. The first kappa shape index (κ1) is 13.1. The first-order valence-electron chi connectivity index (χ1n) is 6.01. The van der Waals surface area contributed by atoms with Crippen LogP contribution in [0.4, 0.5) is 5.69 Å². The van der Waals surface area contributed by atoms with Crippen LogP contribution in [0.1, 0.15) is 29.7 Å². The lowest BCUT2D eigenvalue weighted by Crippen LogP contribution is -2.08. The van der Waals surface area contributed by atoms with E-state index in [9.17, 15) is 0 Å². The Morgan fingerprint density at radius 3 is 2.67 bits per heavy atom. The number of hydrogen-bond acceptors (Lipinski definition) is 2. The number of benzene rings is 1. The van der Waals surface area contributed by atoms with Crippen molar-refractivity contribution in [3.8, 4) is 0 Å². The van der Waals surface area contributed by atoms with Gasteiger partial charge in [-0.05, 0) is 65.5 Å². The summed E-state index contributed by atoms with van der Waals surface area (Å²) in [6.45, 7) is 6.37. The maximum Gasteiger partial charge on any atom is 0.0519 e. The molecule has 3 heteroatoms. The maximum absolute atomic E-state index is 4.15. The van der Waals surface area contributed by atoms with Gasteiger partial charge in [0.25, 0.3) is 0 Å². The summed E-state index contributed by atoms with van der Waals surface area (Å²) in [5, 5.41) is 3.54. The van der Waals surface area contributed by atoms with Gasteiger partial charge in [0.2, 0.25) is 0 Å². The lowest BCUT2D eigenvalue weighted by molar-refractivity contribution is 0.872. The molecule has 2 nitrogen and oxygen atoms in total. The second-order valence-corrected chi connectivity index (χ2v) is 5.45. The van der Waals surface area contributed by atoms with E-state index >= 15 is 0 Å². The molecule has 1 aromatic carbocycles. The molecule has 2 rings (SSSR count). The molecule has 0 aliphatic heterocycles. The maximum atomic E-state index is 4.15. The van der Waals surface area contributed by atoms with E-state index in [0.29, 0.717) is 0 Å². The van der Waals surface area contributed by atoms with E-state index in [-0.39, 0.29) is 6.04 Å². The normalized spacial score (nSPS) is 12.2. The van der Waals surface area contributed by atoms with Gasteiger partial charge in [-0.3, -0.25) is 4.98 Å². The van der Waals surface area contributed by atoms with E-state index < -0.39 is 0 Å². The Bertz CT molecular complexity index is 514. The highest BCUT2D eigenvalue weighted by atomic mass is 79.9. The third-order valence-corrected chi connectivity index (χ3v) is 3.60. The Morgan fingerprint density at radius 2 is 2.06 bits per heavy atom. The number of aryl methyl sites for hydroxylation is 2. The Morgan fingerprint density at radius 1 is 1.28 bits per heavy atom. The summed E-state index contributed by atoms with van der Waals surface area (Å²) in [6, 6.07) is 8.59. The minimum Gasteiger partial charge on any atom is -0.377 e. The van der Waals surface area contributed by atoms with Gasteiger partial charge in [-0.2, -0.15) is 0 Å². The quantitative estimate of drug-likeness (QED) is 0.894. The van der Waals surface area contributed by atoms with Gasteiger partial charge in [-0.15, -0.1) is 0 Å². The second kappa shape index (κ2) is 5.53. The van der Waals surface area contributed by atoms with Gasteiger partial charge in [0.05, 0.1) is 11.7 Å². The van der Waals surface area contributed by atoms with Crippen LogP contribution < -0.4 is 5.32 Å². The van der Waals surface area contributed by atoms with E-state index in [0.717, 1.165) is 10.2 Å². The zero-order valence-electron chi connectivity index (χ0n) is 10.9. The van der Waals surface area contributed by atoms with Crippen molar-refractivity contribution in [2.75, 3.05) is 5.32 Å². The topological polar surface area (TPSA) is 24.9 Å². The first-order chi connectivity index (χ1) is 8.58. The smallest absolute Gasteiger partial charge is 0.0519 e. The summed E-state index contributed by atoms with van der Waals surface area (Å²) >= 11 is 3.62. The fourth-order valence-corrected chi connectivity index (χ4v) is 2.82. The van der Waals surface area contributed by atoms with Crippen LogP contribution in [0, 0.1) is 13.8 Å². The minimum absolute atomic E-state index is 0.233. The molecule has 1 unspecified atom stereocenters. The fraction of sp³-hybridized carbons (Fsp3) is 0.267. The second-order valence-electron chi connectivity index (χ2n) is 4.59. The molecule has 0 aliphatic carbocycles. The Balaban J connectivity index is 2.25. The van der Waals surface area contributed by atoms with Crippen LogP contribution in [0.3, 0.4) is 0 Å². The molecule has 2 aromatic rings. The predicted octanol–water partition coefficient (Wildman–Crippen LogP) is 4.63. The molecule has 0 saturated heterocycles. The van der Waals surface area contributed by atoms with Crippen LogP contribution in [-0.2, 0) is 0 Å². The Hall–Kier alpha value is -1.35. The van der Waals surface area contributed by atoms with Crippen molar-refractivity contribution in [2.24, 2.45) is 0 Å². The summed E-state index contributed by atoms with van der Waals surface area (Å²) in [4.78, 5) is 4.15. The molecule has 1 N–H and O–H groups in total. The van der Waals surface area contributed by atoms with E-state index in [1.807, 2.05) is 12.3 Å². The molecule has 1 heterocycles. The lowest BCUT2D eigenvalue weighted by Gasteiger charge is -2.19. The summed E-state index contributed by atoms with van der Waals surface area (Å²) in [7, 11) is 0. The van der Waals surface area contributed by atoms with Gasteiger partial charge in [-0.25, -0.2) is 0 Å². The number of pyridine rings is 1. The van der Waals surface area contributed by atoms with E-state index in [1.165, 1.54) is 16.7 Å². The highest BCUT2D eigenvalue weighted by Gasteiger charge is 2.10. The predicted molar refractivity (Wildman–Crippen MR) is 79.9 cm³/mol. The zero-order chi connectivity index (χ0) is 13.1. The molecular weight excluding hydrogens is 288 g/mol. The van der Waals surface area contributed by atoms with Crippen LogP contribution in [0.15, 0.2) is 41.1 Å². The van der Waals surface area contributed by atoms with Crippen molar-refractivity contribution in [3.05, 3.63) is 57.8 Å². The minimum atomic E-state index is 0.233. The van der Waals surface area contributed by atoms with Crippen molar-refractivity contribution in [3.63, 3.8) is 0 Å². The zero-order valence-corrected chi connectivity index (χ0v) is 12.5. The van der Waals surface area contributed by atoms with Crippen molar-refractivity contribution in [1.82, 2.24) is 4.98 Å². The van der Waals surface area contributed by atoms with Gasteiger partial charge in [-0.1, -0.05) is 12.1 Å².